The van der Waals surface area contributed by atoms with Gasteiger partial charge in [0.25, 0.3) is 0 Å². The van der Waals surface area contributed by atoms with Gasteiger partial charge in [0.05, 0.1) is 13.0 Å². The van der Waals surface area contributed by atoms with Crippen LogP contribution in [0.4, 0.5) is 4.39 Å². The highest BCUT2D eigenvalue weighted by Crippen LogP contribution is 2.20. The standard InChI is InChI=1S/C8H14FNO2/c1-10-4-3-6(7(9)5-10)8(11)12-2/h6-7H,3-5H2,1-2H3/t6-,7+/m0/s1. The van der Waals surface area contributed by atoms with E-state index < -0.39 is 18.1 Å². The summed E-state index contributed by atoms with van der Waals surface area (Å²) >= 11 is 0. The first kappa shape index (κ1) is 9.45. The molecule has 1 rings (SSSR count). The Hall–Kier alpha value is -0.640. The Morgan fingerprint density at radius 2 is 2.33 bits per heavy atom. The number of piperidine rings is 1. The molecule has 70 valence electrons. The largest absolute Gasteiger partial charge is 0.469 e. The van der Waals surface area contributed by atoms with Crippen molar-refractivity contribution in [1.82, 2.24) is 4.90 Å². The number of ether oxygens (including phenoxy) is 1. The van der Waals surface area contributed by atoms with Gasteiger partial charge in [0.15, 0.2) is 0 Å². The van der Waals surface area contributed by atoms with Crippen molar-refractivity contribution in [3.63, 3.8) is 0 Å². The Labute approximate surface area is 71.5 Å². The summed E-state index contributed by atoms with van der Waals surface area (Å²) in [6.07, 6.45) is -0.513. The molecule has 0 aliphatic carbocycles. The van der Waals surface area contributed by atoms with Crippen LogP contribution >= 0.6 is 0 Å². The van der Waals surface area contributed by atoms with E-state index >= 15 is 0 Å². The normalized spacial score (nSPS) is 31.6. The van der Waals surface area contributed by atoms with Gasteiger partial charge in [0.2, 0.25) is 0 Å². The summed E-state index contributed by atoms with van der Waals surface area (Å²) in [5, 5.41) is 0. The Bertz CT molecular complexity index is 174. The van der Waals surface area contributed by atoms with E-state index in [0.717, 1.165) is 6.54 Å². The van der Waals surface area contributed by atoms with Crippen LogP contribution in [0.1, 0.15) is 6.42 Å². The summed E-state index contributed by atoms with van der Waals surface area (Å²) in [7, 11) is 3.15. The molecule has 0 saturated carbocycles. The molecule has 4 heteroatoms. The maximum Gasteiger partial charge on any atom is 0.311 e. The van der Waals surface area contributed by atoms with Crippen molar-refractivity contribution in [2.75, 3.05) is 27.2 Å². The van der Waals surface area contributed by atoms with Crippen LogP contribution in [0.3, 0.4) is 0 Å². The van der Waals surface area contributed by atoms with Crippen LogP contribution in [0.2, 0.25) is 0 Å². The van der Waals surface area contributed by atoms with E-state index in [9.17, 15) is 9.18 Å². The van der Waals surface area contributed by atoms with Gasteiger partial charge in [0.1, 0.15) is 6.17 Å². The fraction of sp³-hybridized carbons (Fsp3) is 0.875. The number of hydrogen-bond donors (Lipinski definition) is 0. The van der Waals surface area contributed by atoms with Gasteiger partial charge in [-0.05, 0) is 20.0 Å². The van der Waals surface area contributed by atoms with Crippen LogP contribution in [-0.4, -0.2) is 44.3 Å². The first-order valence-corrected chi connectivity index (χ1v) is 4.05. The van der Waals surface area contributed by atoms with Gasteiger partial charge in [-0.1, -0.05) is 0 Å². The molecule has 1 heterocycles. The molecule has 0 aromatic heterocycles. The second-order valence-corrected chi connectivity index (χ2v) is 3.20. The van der Waals surface area contributed by atoms with Crippen molar-refractivity contribution < 1.29 is 13.9 Å². The minimum absolute atomic E-state index is 0.333. The number of carbonyl (C=O) groups excluding carboxylic acids is 1. The lowest BCUT2D eigenvalue weighted by Crippen LogP contribution is -2.42. The number of methoxy groups -OCH3 is 1. The van der Waals surface area contributed by atoms with Gasteiger partial charge in [-0.15, -0.1) is 0 Å². The number of halogens is 1. The number of carbonyl (C=O) groups is 1. The lowest BCUT2D eigenvalue weighted by atomic mass is 9.95. The summed E-state index contributed by atoms with van der Waals surface area (Å²) in [4.78, 5) is 12.9. The maximum atomic E-state index is 13.2. The Balaban J connectivity index is 2.50. The highest BCUT2D eigenvalue weighted by Gasteiger charge is 2.33. The molecule has 0 radical (unpaired) electrons. The zero-order chi connectivity index (χ0) is 9.14. The van der Waals surface area contributed by atoms with E-state index in [2.05, 4.69) is 4.74 Å². The Kier molecular flexibility index (Phi) is 3.03. The zero-order valence-corrected chi connectivity index (χ0v) is 7.42. The summed E-state index contributed by atoms with van der Waals surface area (Å²) < 4.78 is 17.7. The Morgan fingerprint density at radius 3 is 2.83 bits per heavy atom. The van der Waals surface area contributed by atoms with Crippen LogP contribution in [0.25, 0.3) is 0 Å². The van der Waals surface area contributed by atoms with E-state index in [0.29, 0.717) is 13.0 Å². The third-order valence-electron chi connectivity index (χ3n) is 2.25. The van der Waals surface area contributed by atoms with Crippen molar-refractivity contribution >= 4 is 5.97 Å². The van der Waals surface area contributed by atoms with Gasteiger partial charge in [0, 0.05) is 6.54 Å². The molecule has 0 unspecified atom stereocenters. The smallest absolute Gasteiger partial charge is 0.311 e. The molecule has 0 N–H and O–H groups in total. The Morgan fingerprint density at radius 1 is 1.67 bits per heavy atom. The highest BCUT2D eigenvalue weighted by atomic mass is 19.1. The second kappa shape index (κ2) is 3.85. The number of rotatable bonds is 1. The number of likely N-dealkylation sites (tertiary alicyclic amines) is 1. The monoisotopic (exact) mass is 175 g/mol. The zero-order valence-electron chi connectivity index (χ0n) is 7.42. The topological polar surface area (TPSA) is 29.5 Å². The molecule has 1 aliphatic heterocycles. The van der Waals surface area contributed by atoms with Gasteiger partial charge >= 0.3 is 5.97 Å². The lowest BCUT2D eigenvalue weighted by Gasteiger charge is -2.30. The molecule has 1 fully saturated rings. The fourth-order valence-electron chi connectivity index (χ4n) is 1.47. The number of esters is 1. The first-order valence-electron chi connectivity index (χ1n) is 4.05. The summed E-state index contributed by atoms with van der Waals surface area (Å²) in [5.41, 5.74) is 0. The minimum Gasteiger partial charge on any atom is -0.469 e. The predicted octanol–water partition coefficient (Wildman–Crippen LogP) is 0.449. The van der Waals surface area contributed by atoms with E-state index in [-0.39, 0.29) is 0 Å². The first-order chi connectivity index (χ1) is 5.65. The minimum atomic E-state index is -1.07. The quantitative estimate of drug-likeness (QED) is 0.542. The molecule has 0 aromatic carbocycles. The summed E-state index contributed by atoms with van der Waals surface area (Å²) in [6.45, 7) is 1.10. The molecule has 2 atom stereocenters. The summed E-state index contributed by atoms with van der Waals surface area (Å²) in [6, 6.07) is 0. The molecule has 0 aromatic rings. The molecular weight excluding hydrogens is 161 g/mol. The fourth-order valence-corrected chi connectivity index (χ4v) is 1.47. The third-order valence-corrected chi connectivity index (χ3v) is 2.25. The highest BCUT2D eigenvalue weighted by molar-refractivity contribution is 5.73. The molecular formula is C8H14FNO2. The number of hydrogen-bond acceptors (Lipinski definition) is 3. The van der Waals surface area contributed by atoms with Gasteiger partial charge < -0.3 is 9.64 Å². The van der Waals surface area contributed by atoms with E-state index in [1.807, 2.05) is 11.9 Å². The van der Waals surface area contributed by atoms with Crippen molar-refractivity contribution in [1.29, 1.82) is 0 Å². The van der Waals surface area contributed by atoms with Crippen LogP contribution in [0.5, 0.6) is 0 Å². The van der Waals surface area contributed by atoms with Crippen LogP contribution in [0, 0.1) is 5.92 Å². The number of nitrogens with zero attached hydrogens (tertiary/aromatic N) is 1. The molecule has 0 bridgehead atoms. The SMILES string of the molecule is COC(=O)[C@H]1CCN(C)C[C@H]1F. The van der Waals surface area contributed by atoms with Crippen molar-refractivity contribution in [3.8, 4) is 0 Å². The number of alkyl halides is 1. The third kappa shape index (κ3) is 1.94. The van der Waals surface area contributed by atoms with Crippen LogP contribution in [-0.2, 0) is 9.53 Å². The van der Waals surface area contributed by atoms with E-state index in [1.54, 1.807) is 0 Å². The van der Waals surface area contributed by atoms with Crippen molar-refractivity contribution in [3.05, 3.63) is 0 Å². The molecule has 0 amide bonds. The van der Waals surface area contributed by atoms with E-state index in [1.165, 1.54) is 7.11 Å². The molecule has 3 nitrogen and oxygen atoms in total. The predicted molar refractivity (Wildman–Crippen MR) is 42.5 cm³/mol. The second-order valence-electron chi connectivity index (χ2n) is 3.20. The van der Waals surface area contributed by atoms with Gasteiger partial charge in [-0.25, -0.2) is 4.39 Å². The lowest BCUT2D eigenvalue weighted by molar-refractivity contribution is -0.149. The van der Waals surface area contributed by atoms with Gasteiger partial charge in [-0.2, -0.15) is 0 Å². The molecule has 12 heavy (non-hydrogen) atoms. The molecule has 1 saturated heterocycles. The summed E-state index contributed by atoms with van der Waals surface area (Å²) in [5.74, 6) is -0.971. The van der Waals surface area contributed by atoms with Crippen molar-refractivity contribution in [2.45, 2.75) is 12.6 Å². The average molecular weight is 175 g/mol. The van der Waals surface area contributed by atoms with E-state index in [4.69, 9.17) is 0 Å². The molecule has 0 spiro atoms. The van der Waals surface area contributed by atoms with Crippen LogP contribution in [0.15, 0.2) is 0 Å². The maximum absolute atomic E-state index is 13.2. The average Bonchev–Trinajstić information content (AvgIpc) is 2.03. The van der Waals surface area contributed by atoms with Crippen molar-refractivity contribution in [2.24, 2.45) is 5.92 Å². The molecule has 1 aliphatic rings. The van der Waals surface area contributed by atoms with Crippen LogP contribution < -0.4 is 0 Å². The van der Waals surface area contributed by atoms with Gasteiger partial charge in [-0.3, -0.25) is 4.79 Å².